The summed E-state index contributed by atoms with van der Waals surface area (Å²) in [6, 6.07) is 1.83. The third kappa shape index (κ3) is 1.96. The first kappa shape index (κ1) is 9.68. The van der Waals surface area contributed by atoms with Crippen LogP contribution in [0.4, 0.5) is 5.69 Å². The van der Waals surface area contributed by atoms with Gasteiger partial charge in [0.15, 0.2) is 5.15 Å². The molecule has 0 saturated carbocycles. The fraction of sp³-hybridized carbons (Fsp3) is 0.556. The van der Waals surface area contributed by atoms with Crippen molar-refractivity contribution in [1.29, 1.82) is 0 Å². The van der Waals surface area contributed by atoms with E-state index in [0.29, 0.717) is 11.6 Å². The van der Waals surface area contributed by atoms with Gasteiger partial charge in [0, 0.05) is 12.5 Å². The second-order valence-corrected chi connectivity index (χ2v) is 3.92. The lowest BCUT2D eigenvalue weighted by molar-refractivity contribution is 0.452. The van der Waals surface area contributed by atoms with Crippen LogP contribution in [0, 0.1) is 0 Å². The molecule has 0 bridgehead atoms. The van der Waals surface area contributed by atoms with Crippen LogP contribution in [0.15, 0.2) is 6.07 Å². The molecule has 76 valence electrons. The number of halogens is 1. The van der Waals surface area contributed by atoms with E-state index in [2.05, 4.69) is 15.5 Å². The Morgan fingerprint density at radius 1 is 1.50 bits per heavy atom. The van der Waals surface area contributed by atoms with Crippen LogP contribution in [0.3, 0.4) is 0 Å². The topological polar surface area (TPSA) is 63.8 Å². The summed E-state index contributed by atoms with van der Waals surface area (Å²) in [4.78, 5) is 0. The van der Waals surface area contributed by atoms with Crippen LogP contribution in [0.2, 0.25) is 5.15 Å². The predicted molar refractivity (Wildman–Crippen MR) is 56.3 cm³/mol. The quantitative estimate of drug-likeness (QED) is 0.734. The molecule has 3 N–H and O–H groups in total. The molecule has 2 rings (SSSR count). The van der Waals surface area contributed by atoms with Crippen molar-refractivity contribution in [3.63, 3.8) is 0 Å². The molecule has 1 aromatic rings. The molecule has 2 heterocycles. The van der Waals surface area contributed by atoms with Crippen molar-refractivity contribution in [1.82, 2.24) is 15.5 Å². The summed E-state index contributed by atoms with van der Waals surface area (Å²) in [6.07, 6.45) is 2.32. The number of piperidine rings is 1. The number of hydrogen-bond acceptors (Lipinski definition) is 4. The molecular weight excluding hydrogens is 200 g/mol. The van der Waals surface area contributed by atoms with E-state index in [0.717, 1.165) is 25.2 Å². The highest BCUT2D eigenvalue weighted by atomic mass is 35.5. The number of rotatable bonds is 1. The van der Waals surface area contributed by atoms with Gasteiger partial charge in [0.2, 0.25) is 0 Å². The molecule has 1 unspecified atom stereocenters. The SMILES string of the molecule is Nc1cc(C2CCCNC2)nnc1Cl. The van der Waals surface area contributed by atoms with Crippen LogP contribution >= 0.6 is 11.6 Å². The number of aromatic nitrogens is 2. The van der Waals surface area contributed by atoms with Crippen molar-refractivity contribution in [2.45, 2.75) is 18.8 Å². The van der Waals surface area contributed by atoms with E-state index in [-0.39, 0.29) is 5.15 Å². The first-order chi connectivity index (χ1) is 6.77. The molecule has 1 fully saturated rings. The van der Waals surface area contributed by atoms with Gasteiger partial charge in [0.1, 0.15) is 0 Å². The lowest BCUT2D eigenvalue weighted by Crippen LogP contribution is -2.29. The number of nitrogens with zero attached hydrogens (tertiary/aromatic N) is 2. The van der Waals surface area contributed by atoms with Crippen LogP contribution < -0.4 is 11.1 Å². The van der Waals surface area contributed by atoms with Crippen molar-refractivity contribution in [3.05, 3.63) is 16.9 Å². The van der Waals surface area contributed by atoms with E-state index >= 15 is 0 Å². The highest BCUT2D eigenvalue weighted by Crippen LogP contribution is 2.24. The van der Waals surface area contributed by atoms with Gasteiger partial charge in [-0.05, 0) is 25.5 Å². The standard InChI is InChI=1S/C9H13ClN4/c10-9-7(11)4-8(13-14-9)6-2-1-3-12-5-6/h4,6,12H,1-3,5H2,(H2,11,13). The predicted octanol–water partition coefficient (Wildman–Crippen LogP) is 1.18. The Balaban J connectivity index is 2.18. The van der Waals surface area contributed by atoms with Crippen molar-refractivity contribution >= 4 is 17.3 Å². The largest absolute Gasteiger partial charge is 0.396 e. The lowest BCUT2D eigenvalue weighted by atomic mass is 9.96. The minimum Gasteiger partial charge on any atom is -0.396 e. The van der Waals surface area contributed by atoms with Crippen molar-refractivity contribution in [2.75, 3.05) is 18.8 Å². The highest BCUT2D eigenvalue weighted by molar-refractivity contribution is 6.31. The summed E-state index contributed by atoms with van der Waals surface area (Å²) in [7, 11) is 0. The summed E-state index contributed by atoms with van der Waals surface area (Å²) in [5.74, 6) is 0.427. The van der Waals surface area contributed by atoms with Gasteiger partial charge in [0.25, 0.3) is 0 Å². The Morgan fingerprint density at radius 2 is 2.36 bits per heavy atom. The van der Waals surface area contributed by atoms with Crippen LogP contribution in [0.5, 0.6) is 0 Å². The van der Waals surface area contributed by atoms with Crippen molar-refractivity contribution in [2.24, 2.45) is 0 Å². The molecule has 0 aliphatic carbocycles. The number of nitrogens with one attached hydrogen (secondary N) is 1. The molecule has 1 atom stereocenters. The second kappa shape index (κ2) is 4.11. The molecule has 5 heteroatoms. The third-order valence-corrected chi connectivity index (χ3v) is 2.80. The number of anilines is 1. The van der Waals surface area contributed by atoms with Gasteiger partial charge >= 0.3 is 0 Å². The Labute approximate surface area is 87.9 Å². The second-order valence-electron chi connectivity index (χ2n) is 3.56. The first-order valence-electron chi connectivity index (χ1n) is 4.76. The highest BCUT2D eigenvalue weighted by Gasteiger charge is 2.17. The average Bonchev–Trinajstić information content (AvgIpc) is 2.23. The summed E-state index contributed by atoms with van der Waals surface area (Å²) < 4.78 is 0. The molecule has 0 radical (unpaired) electrons. The van der Waals surface area contributed by atoms with Gasteiger partial charge in [-0.3, -0.25) is 0 Å². The van der Waals surface area contributed by atoms with Gasteiger partial charge in [-0.2, -0.15) is 5.10 Å². The summed E-state index contributed by atoms with van der Waals surface area (Å²) in [5.41, 5.74) is 7.13. The first-order valence-corrected chi connectivity index (χ1v) is 5.14. The molecule has 1 saturated heterocycles. The zero-order valence-corrected chi connectivity index (χ0v) is 8.59. The Morgan fingerprint density at radius 3 is 3.00 bits per heavy atom. The van der Waals surface area contributed by atoms with Gasteiger partial charge < -0.3 is 11.1 Å². The van der Waals surface area contributed by atoms with Gasteiger partial charge in [0.05, 0.1) is 11.4 Å². The summed E-state index contributed by atoms with van der Waals surface area (Å²) in [5, 5.41) is 11.5. The molecule has 0 spiro atoms. The monoisotopic (exact) mass is 212 g/mol. The zero-order valence-electron chi connectivity index (χ0n) is 7.83. The minimum absolute atomic E-state index is 0.289. The maximum Gasteiger partial charge on any atom is 0.174 e. The van der Waals surface area contributed by atoms with E-state index in [1.807, 2.05) is 6.07 Å². The average molecular weight is 213 g/mol. The van der Waals surface area contributed by atoms with E-state index in [9.17, 15) is 0 Å². The van der Waals surface area contributed by atoms with Crippen molar-refractivity contribution in [3.8, 4) is 0 Å². The van der Waals surface area contributed by atoms with Gasteiger partial charge in [-0.1, -0.05) is 11.6 Å². The zero-order chi connectivity index (χ0) is 9.97. The summed E-state index contributed by atoms with van der Waals surface area (Å²) in [6.45, 7) is 2.04. The van der Waals surface area contributed by atoms with E-state index in [1.165, 1.54) is 6.42 Å². The Bertz CT molecular complexity index is 323. The Hall–Kier alpha value is -0.870. The smallest absolute Gasteiger partial charge is 0.174 e. The van der Waals surface area contributed by atoms with Crippen molar-refractivity contribution < 1.29 is 0 Å². The van der Waals surface area contributed by atoms with E-state index < -0.39 is 0 Å². The summed E-state index contributed by atoms with van der Waals surface area (Å²) >= 11 is 5.71. The molecule has 1 aromatic heterocycles. The fourth-order valence-corrected chi connectivity index (χ4v) is 1.80. The van der Waals surface area contributed by atoms with E-state index in [1.54, 1.807) is 0 Å². The number of nitrogen functional groups attached to an aromatic ring is 1. The van der Waals surface area contributed by atoms with Crippen LogP contribution in [0.1, 0.15) is 24.5 Å². The Kier molecular flexibility index (Phi) is 2.84. The maximum absolute atomic E-state index is 5.71. The molecule has 0 aromatic carbocycles. The van der Waals surface area contributed by atoms with Gasteiger partial charge in [-0.25, -0.2) is 0 Å². The maximum atomic E-state index is 5.71. The molecule has 1 aliphatic rings. The van der Waals surface area contributed by atoms with E-state index in [4.69, 9.17) is 17.3 Å². The molecule has 1 aliphatic heterocycles. The fourth-order valence-electron chi connectivity index (χ4n) is 1.71. The molecule has 14 heavy (non-hydrogen) atoms. The van der Waals surface area contributed by atoms with Crippen LogP contribution in [-0.4, -0.2) is 23.3 Å². The third-order valence-electron chi connectivity index (χ3n) is 2.51. The molecule has 4 nitrogen and oxygen atoms in total. The number of hydrogen-bond donors (Lipinski definition) is 2. The van der Waals surface area contributed by atoms with Gasteiger partial charge in [-0.15, -0.1) is 5.10 Å². The van der Waals surface area contributed by atoms with Crippen LogP contribution in [0.25, 0.3) is 0 Å². The molecular formula is C9H13ClN4. The molecule has 0 amide bonds. The minimum atomic E-state index is 0.289. The normalized spacial score (nSPS) is 22.2. The van der Waals surface area contributed by atoms with Crippen LogP contribution in [-0.2, 0) is 0 Å². The number of nitrogens with two attached hydrogens (primary N) is 1. The lowest BCUT2D eigenvalue weighted by Gasteiger charge is -2.21.